The maximum atomic E-state index is 10.8. The van der Waals surface area contributed by atoms with Crippen molar-refractivity contribution < 1.29 is 14.7 Å². The zero-order chi connectivity index (χ0) is 11.5. The van der Waals surface area contributed by atoms with Crippen LogP contribution in [-0.4, -0.2) is 21.9 Å². The van der Waals surface area contributed by atoms with Gasteiger partial charge in [-0.05, 0) is 37.8 Å². The lowest BCUT2D eigenvalue weighted by Gasteiger charge is -2.28. The molecule has 0 spiro atoms. The van der Waals surface area contributed by atoms with Crippen LogP contribution in [0, 0.1) is 5.92 Å². The molecule has 2 rings (SSSR count). The molecule has 0 aromatic carbocycles. The number of aromatic nitrogens is 1. The number of aliphatic carboxylic acids is 1. The summed E-state index contributed by atoms with van der Waals surface area (Å²) in [5, 5.41) is 8.89. The van der Waals surface area contributed by atoms with Crippen molar-refractivity contribution in [3.05, 3.63) is 24.0 Å². The molecule has 1 saturated carbocycles. The molecule has 4 heteroatoms. The number of hydrogen-bond acceptors (Lipinski definition) is 2. The number of carboxylic acid groups (broad SMARTS) is 1. The Morgan fingerprint density at radius 2 is 2.06 bits per heavy atom. The van der Waals surface area contributed by atoms with Gasteiger partial charge in [0.15, 0.2) is 6.29 Å². The summed E-state index contributed by atoms with van der Waals surface area (Å²) in [6, 6.07) is 3.93. The van der Waals surface area contributed by atoms with Gasteiger partial charge >= 0.3 is 5.97 Å². The van der Waals surface area contributed by atoms with Crippen molar-refractivity contribution in [1.82, 2.24) is 4.57 Å². The highest BCUT2D eigenvalue weighted by molar-refractivity contribution is 5.72. The van der Waals surface area contributed by atoms with E-state index in [9.17, 15) is 9.59 Å². The highest BCUT2D eigenvalue weighted by Crippen LogP contribution is 2.32. The lowest BCUT2D eigenvalue weighted by atomic mass is 9.86. The maximum absolute atomic E-state index is 10.8. The summed E-state index contributed by atoms with van der Waals surface area (Å²) in [5.41, 5.74) is 0.679. The zero-order valence-corrected chi connectivity index (χ0v) is 9.00. The summed E-state index contributed by atoms with van der Waals surface area (Å²) < 4.78 is 1.96. The van der Waals surface area contributed by atoms with Crippen LogP contribution in [0.15, 0.2) is 18.3 Å². The SMILES string of the molecule is O=Cc1cccn1C1CCC(C(=O)O)CC1. The van der Waals surface area contributed by atoms with Crippen LogP contribution in [0.4, 0.5) is 0 Å². The minimum atomic E-state index is -0.693. The van der Waals surface area contributed by atoms with Gasteiger partial charge in [-0.25, -0.2) is 0 Å². The van der Waals surface area contributed by atoms with E-state index in [1.165, 1.54) is 0 Å². The van der Waals surface area contributed by atoms with Gasteiger partial charge in [0.1, 0.15) is 0 Å². The average molecular weight is 221 g/mol. The van der Waals surface area contributed by atoms with Crippen molar-refractivity contribution >= 4 is 12.3 Å². The van der Waals surface area contributed by atoms with Gasteiger partial charge in [0.05, 0.1) is 11.6 Å². The maximum Gasteiger partial charge on any atom is 0.306 e. The number of hydrogen-bond donors (Lipinski definition) is 1. The highest BCUT2D eigenvalue weighted by atomic mass is 16.4. The molecule has 1 N–H and O–H groups in total. The summed E-state index contributed by atoms with van der Waals surface area (Å²) in [5.74, 6) is -0.895. The van der Waals surface area contributed by atoms with Crippen molar-refractivity contribution in [2.75, 3.05) is 0 Å². The van der Waals surface area contributed by atoms with E-state index in [2.05, 4.69) is 0 Å². The number of aldehydes is 1. The van der Waals surface area contributed by atoms with Crippen LogP contribution in [0.25, 0.3) is 0 Å². The van der Waals surface area contributed by atoms with Crippen LogP contribution in [0.5, 0.6) is 0 Å². The monoisotopic (exact) mass is 221 g/mol. The van der Waals surface area contributed by atoms with Crippen LogP contribution in [0.1, 0.15) is 42.2 Å². The first-order valence-corrected chi connectivity index (χ1v) is 5.57. The van der Waals surface area contributed by atoms with Crippen molar-refractivity contribution in [2.24, 2.45) is 5.92 Å². The van der Waals surface area contributed by atoms with Crippen LogP contribution >= 0.6 is 0 Å². The Labute approximate surface area is 93.9 Å². The second-order valence-corrected chi connectivity index (χ2v) is 4.30. The van der Waals surface area contributed by atoms with E-state index in [0.717, 1.165) is 19.1 Å². The van der Waals surface area contributed by atoms with Gasteiger partial charge < -0.3 is 9.67 Å². The molecule has 0 bridgehead atoms. The smallest absolute Gasteiger partial charge is 0.306 e. The van der Waals surface area contributed by atoms with E-state index < -0.39 is 5.97 Å². The van der Waals surface area contributed by atoms with E-state index >= 15 is 0 Å². The van der Waals surface area contributed by atoms with Crippen molar-refractivity contribution in [1.29, 1.82) is 0 Å². The quantitative estimate of drug-likeness (QED) is 0.795. The molecule has 0 amide bonds. The van der Waals surface area contributed by atoms with Gasteiger partial charge in [-0.3, -0.25) is 9.59 Å². The van der Waals surface area contributed by atoms with Gasteiger partial charge in [-0.1, -0.05) is 0 Å². The van der Waals surface area contributed by atoms with E-state index in [4.69, 9.17) is 5.11 Å². The van der Waals surface area contributed by atoms with E-state index in [-0.39, 0.29) is 12.0 Å². The van der Waals surface area contributed by atoms with Gasteiger partial charge in [-0.2, -0.15) is 0 Å². The average Bonchev–Trinajstić information content (AvgIpc) is 2.77. The summed E-state index contributed by atoms with van der Waals surface area (Å²) in [6.07, 6.45) is 5.84. The Morgan fingerprint density at radius 3 is 2.62 bits per heavy atom. The predicted octanol–water partition coefficient (Wildman–Crippen LogP) is 2.12. The molecule has 16 heavy (non-hydrogen) atoms. The van der Waals surface area contributed by atoms with Crippen molar-refractivity contribution in [3.63, 3.8) is 0 Å². The van der Waals surface area contributed by atoms with Gasteiger partial charge in [0, 0.05) is 12.2 Å². The topological polar surface area (TPSA) is 59.3 Å². The molecule has 0 aliphatic heterocycles. The lowest BCUT2D eigenvalue weighted by Crippen LogP contribution is -2.23. The van der Waals surface area contributed by atoms with Gasteiger partial charge in [0.25, 0.3) is 0 Å². The van der Waals surface area contributed by atoms with Gasteiger partial charge in [-0.15, -0.1) is 0 Å². The second kappa shape index (κ2) is 4.51. The van der Waals surface area contributed by atoms with E-state index in [1.54, 1.807) is 6.07 Å². The first kappa shape index (κ1) is 10.9. The molecule has 0 atom stereocenters. The van der Waals surface area contributed by atoms with Crippen LogP contribution in [-0.2, 0) is 4.79 Å². The van der Waals surface area contributed by atoms with Gasteiger partial charge in [0.2, 0.25) is 0 Å². The molecule has 1 aromatic rings. The van der Waals surface area contributed by atoms with Crippen LogP contribution in [0.2, 0.25) is 0 Å². The molecule has 1 aromatic heterocycles. The van der Waals surface area contributed by atoms with Crippen molar-refractivity contribution in [3.8, 4) is 0 Å². The first-order valence-electron chi connectivity index (χ1n) is 5.57. The number of carbonyl (C=O) groups is 2. The molecule has 1 fully saturated rings. The van der Waals surface area contributed by atoms with E-state index in [1.807, 2.05) is 16.8 Å². The molecular formula is C12H15NO3. The van der Waals surface area contributed by atoms with E-state index in [0.29, 0.717) is 18.5 Å². The molecule has 1 aliphatic rings. The number of rotatable bonds is 3. The molecule has 0 radical (unpaired) electrons. The predicted molar refractivity (Wildman–Crippen MR) is 58.5 cm³/mol. The Balaban J connectivity index is 2.04. The third-order valence-electron chi connectivity index (χ3n) is 3.37. The molecule has 0 unspecified atom stereocenters. The molecule has 1 heterocycles. The summed E-state index contributed by atoms with van der Waals surface area (Å²) >= 11 is 0. The largest absolute Gasteiger partial charge is 0.481 e. The van der Waals surface area contributed by atoms with Crippen LogP contribution < -0.4 is 0 Å². The molecule has 0 saturated heterocycles. The lowest BCUT2D eigenvalue weighted by molar-refractivity contribution is -0.143. The minimum Gasteiger partial charge on any atom is -0.481 e. The molecular weight excluding hydrogens is 206 g/mol. The summed E-state index contributed by atoms with van der Waals surface area (Å²) in [4.78, 5) is 21.6. The third-order valence-corrected chi connectivity index (χ3v) is 3.37. The standard InChI is InChI=1S/C12H15NO3/c14-8-11-2-1-7-13(11)10-5-3-9(4-6-10)12(15)16/h1-2,7-10H,3-6H2,(H,15,16). The minimum absolute atomic E-state index is 0.202. The Bertz CT molecular complexity index is 389. The number of nitrogens with zero attached hydrogens (tertiary/aromatic N) is 1. The Hall–Kier alpha value is -1.58. The fourth-order valence-corrected chi connectivity index (χ4v) is 2.44. The third kappa shape index (κ3) is 2.01. The first-order chi connectivity index (χ1) is 7.72. The summed E-state index contributed by atoms with van der Waals surface area (Å²) in [7, 11) is 0. The Kier molecular flexibility index (Phi) is 3.08. The molecule has 1 aliphatic carbocycles. The normalized spacial score (nSPS) is 25.2. The fraction of sp³-hybridized carbons (Fsp3) is 0.500. The van der Waals surface area contributed by atoms with Crippen LogP contribution in [0.3, 0.4) is 0 Å². The number of carboxylic acids is 1. The number of carbonyl (C=O) groups excluding carboxylic acids is 1. The zero-order valence-electron chi connectivity index (χ0n) is 9.00. The van der Waals surface area contributed by atoms with Crippen molar-refractivity contribution in [2.45, 2.75) is 31.7 Å². The molecule has 4 nitrogen and oxygen atoms in total. The highest BCUT2D eigenvalue weighted by Gasteiger charge is 2.27. The summed E-state index contributed by atoms with van der Waals surface area (Å²) in [6.45, 7) is 0. The molecule has 86 valence electrons. The Morgan fingerprint density at radius 1 is 1.38 bits per heavy atom. The second-order valence-electron chi connectivity index (χ2n) is 4.30. The fourth-order valence-electron chi connectivity index (χ4n) is 2.44.